The predicted molar refractivity (Wildman–Crippen MR) is 126 cm³/mol. The van der Waals surface area contributed by atoms with Gasteiger partial charge in [-0.2, -0.15) is 10.2 Å². The predicted octanol–water partition coefficient (Wildman–Crippen LogP) is 3.60. The van der Waals surface area contributed by atoms with E-state index in [1.807, 2.05) is 25.6 Å². The number of hydrogen-bond donors (Lipinski definition) is 1. The minimum Gasteiger partial charge on any atom is -0.472 e. The topological polar surface area (TPSA) is 95.6 Å². The smallest absolute Gasteiger partial charge is 0.249 e. The van der Waals surface area contributed by atoms with Crippen molar-refractivity contribution in [2.45, 2.75) is 44.8 Å². The van der Waals surface area contributed by atoms with Crippen LogP contribution in [0, 0.1) is 12.3 Å². The van der Waals surface area contributed by atoms with Gasteiger partial charge in [-0.25, -0.2) is 15.0 Å². The molecule has 0 unspecified atom stereocenters. The van der Waals surface area contributed by atoms with E-state index in [4.69, 9.17) is 16.3 Å². The summed E-state index contributed by atoms with van der Waals surface area (Å²) in [5.41, 5.74) is 3.42. The number of aromatic nitrogens is 7. The zero-order valence-corrected chi connectivity index (χ0v) is 18.8. The van der Waals surface area contributed by atoms with Crippen LogP contribution in [0.3, 0.4) is 0 Å². The van der Waals surface area contributed by atoms with Crippen molar-refractivity contribution in [2.24, 2.45) is 7.05 Å². The molecule has 0 spiro atoms. The second kappa shape index (κ2) is 8.90. The number of aryl methyl sites for hydroxylation is 1. The van der Waals surface area contributed by atoms with E-state index >= 15 is 0 Å². The monoisotopic (exact) mass is 442 g/mol. The Hall–Kier alpha value is -3.93. The molecule has 1 saturated carbocycles. The lowest BCUT2D eigenvalue weighted by molar-refractivity contribution is 0.125. The van der Waals surface area contributed by atoms with Crippen LogP contribution in [-0.4, -0.2) is 47.2 Å². The lowest BCUT2D eigenvalue weighted by Crippen LogP contribution is -2.27. The summed E-state index contributed by atoms with van der Waals surface area (Å²) in [5.74, 6) is 3.83. The highest BCUT2D eigenvalue weighted by Crippen LogP contribution is 2.36. The van der Waals surface area contributed by atoms with Crippen LogP contribution < -0.4 is 10.1 Å². The van der Waals surface area contributed by atoms with Gasteiger partial charge in [0.25, 0.3) is 0 Å². The van der Waals surface area contributed by atoms with Crippen LogP contribution in [0.4, 0.5) is 5.82 Å². The quantitative estimate of drug-likeness (QED) is 0.456. The highest BCUT2D eigenvalue weighted by atomic mass is 16.5. The van der Waals surface area contributed by atoms with Gasteiger partial charge in [0.2, 0.25) is 5.88 Å². The van der Waals surface area contributed by atoms with Crippen molar-refractivity contribution in [3.8, 4) is 29.5 Å². The van der Waals surface area contributed by atoms with Gasteiger partial charge in [0.15, 0.2) is 5.69 Å². The Bertz CT molecular complexity index is 1310. The minimum absolute atomic E-state index is 0.0589. The molecule has 0 aromatic carbocycles. The third-order valence-electron chi connectivity index (χ3n) is 6.00. The van der Waals surface area contributed by atoms with Crippen LogP contribution in [-0.2, 0) is 7.05 Å². The molecule has 9 nitrogen and oxygen atoms in total. The molecule has 4 heterocycles. The standard InChI is InChI=1S/C24H26N8O/c1-4-20-24(27-11-10-26-20)33-18-8-6-17(7-9-18)32-21-12-22(25-5-2)28-14-19(21)23(30-32)16-13-29-31(3)15-16/h1,10-15,17-18H,5-9H2,2-3H3,(H,25,28). The summed E-state index contributed by atoms with van der Waals surface area (Å²) in [7, 11) is 1.91. The maximum absolute atomic E-state index is 6.10. The Morgan fingerprint density at radius 3 is 2.70 bits per heavy atom. The largest absolute Gasteiger partial charge is 0.472 e. The molecule has 1 aliphatic rings. The molecule has 33 heavy (non-hydrogen) atoms. The van der Waals surface area contributed by atoms with E-state index in [-0.39, 0.29) is 12.1 Å². The van der Waals surface area contributed by atoms with Gasteiger partial charge in [0.1, 0.15) is 17.6 Å². The molecule has 1 fully saturated rings. The lowest BCUT2D eigenvalue weighted by Gasteiger charge is -2.29. The number of nitrogens with one attached hydrogen (secondary N) is 1. The normalized spacial score (nSPS) is 18.2. The van der Waals surface area contributed by atoms with Crippen LogP contribution in [0.2, 0.25) is 0 Å². The van der Waals surface area contributed by atoms with Gasteiger partial charge in [-0.15, -0.1) is 6.42 Å². The summed E-state index contributed by atoms with van der Waals surface area (Å²) >= 11 is 0. The summed E-state index contributed by atoms with van der Waals surface area (Å²) < 4.78 is 10.1. The van der Waals surface area contributed by atoms with Crippen LogP contribution >= 0.6 is 0 Å². The summed E-state index contributed by atoms with van der Waals surface area (Å²) in [6.45, 7) is 2.88. The van der Waals surface area contributed by atoms with E-state index in [2.05, 4.69) is 49.0 Å². The fourth-order valence-electron chi connectivity index (χ4n) is 4.42. The van der Waals surface area contributed by atoms with Crippen LogP contribution in [0.5, 0.6) is 5.88 Å². The van der Waals surface area contributed by atoms with E-state index in [0.29, 0.717) is 11.6 Å². The van der Waals surface area contributed by atoms with E-state index in [1.165, 1.54) is 0 Å². The van der Waals surface area contributed by atoms with Gasteiger partial charge >= 0.3 is 0 Å². The molecule has 0 radical (unpaired) electrons. The number of ether oxygens (including phenoxy) is 1. The molecule has 0 saturated heterocycles. The van der Waals surface area contributed by atoms with Gasteiger partial charge in [-0.1, -0.05) is 0 Å². The highest BCUT2D eigenvalue weighted by molar-refractivity contribution is 5.93. The maximum Gasteiger partial charge on any atom is 0.249 e. The molecule has 1 aliphatic carbocycles. The molecule has 5 rings (SSSR count). The van der Waals surface area contributed by atoms with E-state index < -0.39 is 0 Å². The Kier molecular flexibility index (Phi) is 5.65. The third-order valence-corrected chi connectivity index (χ3v) is 6.00. The molecule has 0 atom stereocenters. The number of fused-ring (bicyclic) bond motifs is 1. The molecule has 0 aliphatic heterocycles. The van der Waals surface area contributed by atoms with Crippen molar-refractivity contribution >= 4 is 16.7 Å². The summed E-state index contributed by atoms with van der Waals surface area (Å²) in [5, 5.41) is 13.7. The second-order valence-electron chi connectivity index (χ2n) is 8.22. The van der Waals surface area contributed by atoms with Gasteiger partial charge < -0.3 is 10.1 Å². The Morgan fingerprint density at radius 2 is 1.97 bits per heavy atom. The van der Waals surface area contributed by atoms with Crippen molar-refractivity contribution in [2.75, 3.05) is 11.9 Å². The fourth-order valence-corrected chi connectivity index (χ4v) is 4.42. The molecule has 9 heteroatoms. The molecular formula is C24H26N8O. The van der Waals surface area contributed by atoms with Gasteiger partial charge in [0, 0.05) is 55.4 Å². The summed E-state index contributed by atoms with van der Waals surface area (Å²) in [4.78, 5) is 13.0. The van der Waals surface area contributed by atoms with Crippen LogP contribution in [0.15, 0.2) is 37.1 Å². The summed E-state index contributed by atoms with van der Waals surface area (Å²) in [6.07, 6.45) is 18.2. The molecule has 1 N–H and O–H groups in total. The Labute approximate surface area is 192 Å². The maximum atomic E-state index is 6.10. The van der Waals surface area contributed by atoms with Gasteiger partial charge in [-0.3, -0.25) is 9.36 Å². The van der Waals surface area contributed by atoms with Crippen molar-refractivity contribution in [3.63, 3.8) is 0 Å². The average Bonchev–Trinajstić information content (AvgIpc) is 3.43. The Morgan fingerprint density at radius 1 is 1.15 bits per heavy atom. The van der Waals surface area contributed by atoms with E-state index in [9.17, 15) is 0 Å². The number of nitrogens with zero attached hydrogens (tertiary/aromatic N) is 7. The minimum atomic E-state index is 0.0589. The zero-order chi connectivity index (χ0) is 22.8. The Balaban J connectivity index is 1.41. The second-order valence-corrected chi connectivity index (χ2v) is 8.22. The number of rotatable bonds is 6. The van der Waals surface area contributed by atoms with Crippen molar-refractivity contribution in [1.82, 2.24) is 34.5 Å². The SMILES string of the molecule is C#Cc1nccnc1OC1CCC(n2nc(-c3cnn(C)c3)c3cnc(NCC)cc32)CC1. The highest BCUT2D eigenvalue weighted by Gasteiger charge is 2.27. The van der Waals surface area contributed by atoms with Crippen LogP contribution in [0.1, 0.15) is 44.3 Å². The lowest BCUT2D eigenvalue weighted by atomic mass is 9.93. The van der Waals surface area contributed by atoms with Crippen LogP contribution in [0.25, 0.3) is 22.2 Å². The number of anilines is 1. The number of hydrogen-bond acceptors (Lipinski definition) is 7. The molecule has 4 aromatic heterocycles. The first-order chi connectivity index (χ1) is 16.2. The fraction of sp³-hybridized carbons (Fsp3) is 0.375. The molecule has 4 aromatic rings. The molecule has 168 valence electrons. The van der Waals surface area contributed by atoms with E-state index in [1.54, 1.807) is 17.1 Å². The van der Waals surface area contributed by atoms with Gasteiger partial charge in [-0.05, 0) is 38.5 Å². The number of pyridine rings is 1. The van der Waals surface area contributed by atoms with Gasteiger partial charge in [0.05, 0.1) is 17.8 Å². The van der Waals surface area contributed by atoms with Crippen molar-refractivity contribution in [1.29, 1.82) is 0 Å². The first-order valence-corrected chi connectivity index (χ1v) is 11.2. The average molecular weight is 443 g/mol. The van der Waals surface area contributed by atoms with Crippen molar-refractivity contribution < 1.29 is 4.74 Å². The molecule has 0 bridgehead atoms. The summed E-state index contributed by atoms with van der Waals surface area (Å²) in [6, 6.07) is 2.36. The first kappa shape index (κ1) is 20.9. The van der Waals surface area contributed by atoms with E-state index in [0.717, 1.165) is 60.2 Å². The number of terminal acetylenes is 1. The molecule has 0 amide bonds. The zero-order valence-electron chi connectivity index (χ0n) is 18.8. The first-order valence-electron chi connectivity index (χ1n) is 11.2. The third kappa shape index (κ3) is 4.12. The molecular weight excluding hydrogens is 416 g/mol. The van der Waals surface area contributed by atoms with Crippen molar-refractivity contribution in [3.05, 3.63) is 42.7 Å².